The third-order valence-electron chi connectivity index (χ3n) is 2.30. The van der Waals surface area contributed by atoms with E-state index in [1.54, 1.807) is 0 Å². The van der Waals surface area contributed by atoms with E-state index >= 15 is 0 Å². The Balaban J connectivity index is 1.97. The van der Waals surface area contributed by atoms with Gasteiger partial charge in [0.15, 0.2) is 0 Å². The molecule has 0 bridgehead atoms. The van der Waals surface area contributed by atoms with Gasteiger partial charge in [-0.15, -0.1) is 0 Å². The standard InChI is InChI=1S/C15H15O2/c1-2-16-15-10-6-7-13(11-15)12-17-14-8-4-3-5-9-14/h4-11H,2,12H2,1H3. The van der Waals surface area contributed by atoms with Crippen LogP contribution in [-0.2, 0) is 6.61 Å². The van der Waals surface area contributed by atoms with Crippen molar-refractivity contribution in [3.8, 4) is 11.5 Å². The zero-order valence-electron chi connectivity index (χ0n) is 9.85. The molecule has 0 N–H and O–H groups in total. The van der Waals surface area contributed by atoms with Crippen molar-refractivity contribution >= 4 is 0 Å². The number of ether oxygens (including phenoxy) is 2. The molecule has 87 valence electrons. The molecule has 0 aliphatic rings. The van der Waals surface area contributed by atoms with Gasteiger partial charge in [0.2, 0.25) is 0 Å². The van der Waals surface area contributed by atoms with Crippen LogP contribution < -0.4 is 9.47 Å². The fourth-order valence-corrected chi connectivity index (χ4v) is 1.53. The van der Waals surface area contributed by atoms with Crippen molar-refractivity contribution in [1.82, 2.24) is 0 Å². The first-order chi connectivity index (χ1) is 8.38. The number of rotatable bonds is 5. The molecule has 0 spiro atoms. The van der Waals surface area contributed by atoms with Crippen LogP contribution in [0.15, 0.2) is 48.5 Å². The summed E-state index contributed by atoms with van der Waals surface area (Å²) < 4.78 is 11.1. The van der Waals surface area contributed by atoms with E-state index in [4.69, 9.17) is 9.47 Å². The summed E-state index contributed by atoms with van der Waals surface area (Å²) in [7, 11) is 0. The third kappa shape index (κ3) is 3.52. The van der Waals surface area contributed by atoms with Crippen molar-refractivity contribution in [2.45, 2.75) is 13.5 Å². The Morgan fingerprint density at radius 3 is 2.59 bits per heavy atom. The largest absolute Gasteiger partial charge is 0.494 e. The molecule has 2 aromatic carbocycles. The van der Waals surface area contributed by atoms with E-state index in [0.717, 1.165) is 17.1 Å². The van der Waals surface area contributed by atoms with Crippen LogP contribution >= 0.6 is 0 Å². The van der Waals surface area contributed by atoms with Gasteiger partial charge in [0, 0.05) is 0 Å². The van der Waals surface area contributed by atoms with Crippen LogP contribution in [0, 0.1) is 6.07 Å². The zero-order valence-corrected chi connectivity index (χ0v) is 9.85. The fraction of sp³-hybridized carbons (Fsp3) is 0.200. The van der Waals surface area contributed by atoms with Gasteiger partial charge < -0.3 is 9.47 Å². The Morgan fingerprint density at radius 2 is 1.82 bits per heavy atom. The van der Waals surface area contributed by atoms with Gasteiger partial charge in [0.1, 0.15) is 18.1 Å². The van der Waals surface area contributed by atoms with Gasteiger partial charge in [-0.1, -0.05) is 24.3 Å². The smallest absolute Gasteiger partial charge is 0.119 e. The van der Waals surface area contributed by atoms with Crippen molar-refractivity contribution < 1.29 is 9.47 Å². The molecule has 2 aromatic rings. The van der Waals surface area contributed by atoms with Crippen LogP contribution in [0.2, 0.25) is 0 Å². The molecule has 0 unspecified atom stereocenters. The van der Waals surface area contributed by atoms with Gasteiger partial charge in [-0.05, 0) is 42.8 Å². The normalized spacial score (nSPS) is 9.94. The SMILES string of the molecule is CCOc1cccc(COc2cc[c]cc2)c1. The minimum Gasteiger partial charge on any atom is -0.494 e. The Morgan fingerprint density at radius 1 is 1.00 bits per heavy atom. The van der Waals surface area contributed by atoms with Crippen LogP contribution in [-0.4, -0.2) is 6.61 Å². The van der Waals surface area contributed by atoms with Gasteiger partial charge in [0.25, 0.3) is 0 Å². The van der Waals surface area contributed by atoms with E-state index in [9.17, 15) is 0 Å². The molecule has 0 saturated carbocycles. The van der Waals surface area contributed by atoms with E-state index in [1.807, 2.05) is 55.5 Å². The molecule has 0 atom stereocenters. The van der Waals surface area contributed by atoms with Gasteiger partial charge >= 0.3 is 0 Å². The Kier molecular flexibility index (Phi) is 4.03. The summed E-state index contributed by atoms with van der Waals surface area (Å²) in [5.74, 6) is 1.74. The molecule has 0 aliphatic carbocycles. The maximum Gasteiger partial charge on any atom is 0.119 e. The van der Waals surface area contributed by atoms with Crippen molar-refractivity contribution in [3.63, 3.8) is 0 Å². The summed E-state index contributed by atoms with van der Waals surface area (Å²) in [6.45, 7) is 3.20. The fourth-order valence-electron chi connectivity index (χ4n) is 1.53. The molecule has 2 rings (SSSR count). The highest BCUT2D eigenvalue weighted by atomic mass is 16.5. The number of hydrogen-bond donors (Lipinski definition) is 0. The van der Waals surface area contributed by atoms with E-state index in [1.165, 1.54) is 0 Å². The molecule has 0 heterocycles. The first-order valence-electron chi connectivity index (χ1n) is 5.69. The average molecular weight is 227 g/mol. The number of hydrogen-bond acceptors (Lipinski definition) is 2. The zero-order chi connectivity index (χ0) is 11.9. The highest BCUT2D eigenvalue weighted by molar-refractivity contribution is 5.29. The minimum atomic E-state index is 0.547. The first kappa shape index (κ1) is 11.5. The summed E-state index contributed by atoms with van der Waals surface area (Å²) in [5.41, 5.74) is 1.10. The molecular formula is C15H15O2. The van der Waals surface area contributed by atoms with Gasteiger partial charge in [0.05, 0.1) is 6.61 Å². The first-order valence-corrected chi connectivity index (χ1v) is 5.69. The Bertz CT molecular complexity index is 451. The lowest BCUT2D eigenvalue weighted by Gasteiger charge is -2.08. The van der Waals surface area contributed by atoms with Crippen molar-refractivity contribution in [1.29, 1.82) is 0 Å². The van der Waals surface area contributed by atoms with E-state index < -0.39 is 0 Å². The van der Waals surface area contributed by atoms with Crippen LogP contribution in [0.3, 0.4) is 0 Å². The number of benzene rings is 2. The van der Waals surface area contributed by atoms with Crippen molar-refractivity contribution in [2.75, 3.05) is 6.61 Å². The summed E-state index contributed by atoms with van der Waals surface area (Å²) in [6.07, 6.45) is 0. The average Bonchev–Trinajstić information content (AvgIpc) is 2.39. The Hall–Kier alpha value is -1.96. The lowest BCUT2D eigenvalue weighted by atomic mass is 10.2. The highest BCUT2D eigenvalue weighted by Gasteiger charge is 1.97. The quantitative estimate of drug-likeness (QED) is 0.778. The van der Waals surface area contributed by atoms with Crippen LogP contribution in [0.1, 0.15) is 12.5 Å². The van der Waals surface area contributed by atoms with Crippen LogP contribution in [0.25, 0.3) is 0 Å². The molecule has 17 heavy (non-hydrogen) atoms. The predicted octanol–water partition coefficient (Wildman–Crippen LogP) is 3.46. The van der Waals surface area contributed by atoms with Crippen molar-refractivity contribution in [2.24, 2.45) is 0 Å². The third-order valence-corrected chi connectivity index (χ3v) is 2.30. The van der Waals surface area contributed by atoms with E-state index in [2.05, 4.69) is 6.07 Å². The maximum atomic E-state index is 5.65. The molecule has 0 saturated heterocycles. The predicted molar refractivity (Wildman–Crippen MR) is 67.2 cm³/mol. The second kappa shape index (κ2) is 5.94. The minimum absolute atomic E-state index is 0.547. The lowest BCUT2D eigenvalue weighted by Crippen LogP contribution is -1.97. The topological polar surface area (TPSA) is 18.5 Å². The molecule has 2 nitrogen and oxygen atoms in total. The molecule has 0 amide bonds. The summed E-state index contributed by atoms with van der Waals surface area (Å²) in [6, 6.07) is 18.4. The highest BCUT2D eigenvalue weighted by Crippen LogP contribution is 2.16. The molecule has 0 aromatic heterocycles. The monoisotopic (exact) mass is 227 g/mol. The second-order valence-corrected chi connectivity index (χ2v) is 3.60. The molecular weight excluding hydrogens is 212 g/mol. The van der Waals surface area contributed by atoms with Crippen LogP contribution in [0.4, 0.5) is 0 Å². The Labute approximate surface area is 102 Å². The summed E-state index contributed by atoms with van der Waals surface area (Å²) in [4.78, 5) is 0. The summed E-state index contributed by atoms with van der Waals surface area (Å²) in [5, 5.41) is 0. The van der Waals surface area contributed by atoms with E-state index in [-0.39, 0.29) is 0 Å². The van der Waals surface area contributed by atoms with Gasteiger partial charge in [-0.25, -0.2) is 0 Å². The summed E-state index contributed by atoms with van der Waals surface area (Å²) >= 11 is 0. The van der Waals surface area contributed by atoms with Crippen LogP contribution in [0.5, 0.6) is 11.5 Å². The van der Waals surface area contributed by atoms with Crippen molar-refractivity contribution in [3.05, 3.63) is 60.2 Å². The lowest BCUT2D eigenvalue weighted by molar-refractivity contribution is 0.303. The van der Waals surface area contributed by atoms with E-state index in [0.29, 0.717) is 13.2 Å². The molecule has 0 aliphatic heterocycles. The molecule has 1 radical (unpaired) electrons. The maximum absolute atomic E-state index is 5.65. The second-order valence-electron chi connectivity index (χ2n) is 3.60. The van der Waals surface area contributed by atoms with Gasteiger partial charge in [-0.3, -0.25) is 0 Å². The molecule has 0 fully saturated rings. The van der Waals surface area contributed by atoms with Gasteiger partial charge in [-0.2, -0.15) is 0 Å². The molecule has 2 heteroatoms.